The molecule has 25 heteroatoms. The monoisotopic (exact) mass is 798 g/mol. The zero-order valence-corrected chi connectivity index (χ0v) is 30.6. The van der Waals surface area contributed by atoms with Crippen LogP contribution >= 0.6 is 0 Å². The van der Waals surface area contributed by atoms with Gasteiger partial charge in [0.25, 0.3) is 11.4 Å². The summed E-state index contributed by atoms with van der Waals surface area (Å²) in [6.45, 7) is 0. The second-order valence-corrected chi connectivity index (χ2v) is 16.1. The minimum Gasteiger partial charge on any atom is -0.730 e. The van der Waals surface area contributed by atoms with Crippen LogP contribution in [-0.4, -0.2) is 88.2 Å². The second kappa shape index (κ2) is 16.6. The van der Waals surface area contributed by atoms with E-state index in [0.717, 1.165) is 36.4 Å². The first-order chi connectivity index (χ1) is 23.0. The second-order valence-electron chi connectivity index (χ2n) is 9.48. The molecule has 0 saturated carbocycles. The Morgan fingerprint density at radius 1 is 0.529 bits per heavy atom. The van der Waals surface area contributed by atoms with Gasteiger partial charge >= 0.3 is 23.1 Å². The third-order valence-corrected chi connectivity index (χ3v) is 11.2. The molecular formula is C26H22MgN4O16S4. The van der Waals surface area contributed by atoms with Crippen molar-refractivity contribution in [2.24, 2.45) is 0 Å². The average molecular weight is 799 g/mol. The van der Waals surface area contributed by atoms with Crippen molar-refractivity contribution in [2.45, 2.75) is 0 Å². The minimum absolute atomic E-state index is 0. The normalized spacial score (nSPS) is 11.5. The number of rotatable bonds is 12. The van der Waals surface area contributed by atoms with Gasteiger partial charge in [-0.1, -0.05) is 36.4 Å². The predicted molar refractivity (Wildman–Crippen MR) is 179 cm³/mol. The van der Waals surface area contributed by atoms with Crippen LogP contribution in [0.3, 0.4) is 0 Å². The number of para-hydroxylation sites is 2. The number of hydrogen-bond donors (Lipinski definition) is 0. The van der Waals surface area contributed by atoms with Crippen molar-refractivity contribution >= 4 is 86.5 Å². The fraction of sp³-hybridized carbons (Fsp3) is 0.0769. The van der Waals surface area contributed by atoms with Crippen molar-refractivity contribution in [1.29, 1.82) is 0 Å². The maximum Gasteiger partial charge on any atom is 2.00 e. The zero-order valence-electron chi connectivity index (χ0n) is 25.9. The van der Waals surface area contributed by atoms with Crippen LogP contribution in [0.1, 0.15) is 0 Å². The van der Waals surface area contributed by atoms with Gasteiger partial charge < -0.3 is 18.6 Å². The third kappa shape index (κ3) is 11.7. The van der Waals surface area contributed by atoms with Crippen molar-refractivity contribution in [3.63, 3.8) is 0 Å². The van der Waals surface area contributed by atoms with E-state index in [1.54, 1.807) is 36.4 Å². The first-order valence-electron chi connectivity index (χ1n) is 13.0. The summed E-state index contributed by atoms with van der Waals surface area (Å²) in [4.78, 5) is 20.3. The molecule has 0 unspecified atom stereocenters. The molecule has 0 amide bonds. The summed E-state index contributed by atoms with van der Waals surface area (Å²) in [6.07, 6.45) is 1.02. The zero-order chi connectivity index (χ0) is 37.7. The first kappa shape index (κ1) is 42.5. The minimum atomic E-state index is -5.48. The number of ether oxygens (including phenoxy) is 2. The van der Waals surface area contributed by atoms with Gasteiger partial charge in [0.15, 0.2) is 32.1 Å². The molecule has 0 aliphatic rings. The molecule has 0 aliphatic heterocycles. The van der Waals surface area contributed by atoms with E-state index >= 15 is 0 Å². The van der Waals surface area contributed by atoms with Gasteiger partial charge in [0, 0.05) is 12.1 Å². The number of anilines is 2. The largest absolute Gasteiger partial charge is 2.00 e. The Labute approximate surface area is 307 Å². The molecule has 0 bridgehead atoms. The fourth-order valence-electron chi connectivity index (χ4n) is 3.86. The molecular weight excluding hydrogens is 777 g/mol. The number of non-ortho nitro benzene ring substituents is 2. The Hall–Kier alpha value is -4.63. The molecule has 51 heavy (non-hydrogen) atoms. The molecule has 0 radical (unpaired) electrons. The Morgan fingerprint density at radius 3 is 1.06 bits per heavy atom. The van der Waals surface area contributed by atoms with Gasteiger partial charge in [-0.2, -0.15) is 7.42 Å². The molecule has 0 saturated heterocycles. The van der Waals surface area contributed by atoms with E-state index in [4.69, 9.17) is 9.47 Å². The smallest absolute Gasteiger partial charge is 0.730 e. The maximum absolute atomic E-state index is 11.8. The number of sulfonamides is 2. The van der Waals surface area contributed by atoms with E-state index in [1.165, 1.54) is 24.3 Å². The van der Waals surface area contributed by atoms with E-state index in [-0.39, 0.29) is 42.0 Å². The van der Waals surface area contributed by atoms with E-state index < -0.39 is 84.8 Å². The number of nitro groups is 2. The summed E-state index contributed by atoms with van der Waals surface area (Å²) in [5.41, 5.74) is -2.28. The molecule has 0 spiro atoms. The molecule has 20 nitrogen and oxygen atoms in total. The summed E-state index contributed by atoms with van der Waals surface area (Å²) in [5.74, 6) is -0.655. The quantitative estimate of drug-likeness (QED) is 0.0861. The molecule has 0 N–H and O–H groups in total. The third-order valence-electron chi connectivity index (χ3n) is 5.65. The van der Waals surface area contributed by atoms with Crippen molar-refractivity contribution < 1.29 is 62.1 Å². The molecule has 0 heterocycles. The van der Waals surface area contributed by atoms with Crippen LogP contribution in [0.25, 0.3) is 0 Å². The van der Waals surface area contributed by atoms with Crippen LogP contribution in [0.2, 0.25) is 0 Å². The Balaban J connectivity index is 0.000000347. The SMILES string of the molecule is CS(=O)(=O)N(c1ccc([N+](=O)[O-])cc1Oc1ccccc1)S(=O)(=O)[O-].CS(=O)(=O)N(c1ccc([N+](=O)[O-])cc1Oc1ccccc1)S(=O)(=O)[O-].[Mg+2]. The van der Waals surface area contributed by atoms with Crippen LogP contribution in [0.5, 0.6) is 23.0 Å². The number of nitro benzene ring substituents is 2. The molecule has 0 aromatic heterocycles. The molecule has 4 aromatic rings. The summed E-state index contributed by atoms with van der Waals surface area (Å²) in [6, 6.07) is 20.4. The molecule has 0 atom stereocenters. The van der Waals surface area contributed by atoms with E-state index in [2.05, 4.69) is 0 Å². The van der Waals surface area contributed by atoms with Crippen LogP contribution < -0.4 is 16.9 Å². The molecule has 0 fully saturated rings. The van der Waals surface area contributed by atoms with Gasteiger partial charge in [0.1, 0.15) is 22.9 Å². The number of nitrogens with zero attached hydrogens (tertiary/aromatic N) is 4. The molecule has 4 aromatic carbocycles. The van der Waals surface area contributed by atoms with Crippen LogP contribution in [0.15, 0.2) is 97.1 Å². The van der Waals surface area contributed by atoms with Crippen molar-refractivity contribution in [1.82, 2.24) is 0 Å². The van der Waals surface area contributed by atoms with Crippen molar-refractivity contribution in [3.05, 3.63) is 117 Å². The van der Waals surface area contributed by atoms with Gasteiger partial charge in [-0.3, -0.25) is 20.2 Å². The van der Waals surface area contributed by atoms with E-state index in [9.17, 15) is 63.0 Å². The van der Waals surface area contributed by atoms with Gasteiger partial charge in [0.05, 0.1) is 34.5 Å². The predicted octanol–water partition coefficient (Wildman–Crippen LogP) is 2.85. The van der Waals surface area contributed by atoms with E-state index in [1.807, 2.05) is 0 Å². The van der Waals surface area contributed by atoms with E-state index in [0.29, 0.717) is 12.5 Å². The van der Waals surface area contributed by atoms with Gasteiger partial charge in [-0.25, -0.2) is 33.7 Å². The topological polar surface area (TPSA) is 294 Å². The molecule has 0 aliphatic carbocycles. The average Bonchev–Trinajstić information content (AvgIpc) is 2.97. The Morgan fingerprint density at radius 2 is 0.824 bits per heavy atom. The number of hydrogen-bond acceptors (Lipinski definition) is 16. The Bertz CT molecular complexity index is 2120. The van der Waals surface area contributed by atoms with Gasteiger partial charge in [-0.05, 0) is 36.4 Å². The standard InChI is InChI=1S/2C13H12N2O8S2.Mg/c2*1-24(18,19)15(25(20,21)22)12-8-7-10(14(16)17)9-13(12)23-11-5-3-2-4-6-11;/h2*2-9H,1H3,(H,20,21,22);/q;;+2/p-2. The summed E-state index contributed by atoms with van der Waals surface area (Å²) < 4.78 is 125. The maximum atomic E-state index is 11.8. The molecule has 268 valence electrons. The van der Waals surface area contributed by atoms with Crippen LogP contribution in [-0.2, 0) is 40.7 Å². The summed E-state index contributed by atoms with van der Waals surface area (Å²) in [5, 5.41) is 21.8. The van der Waals surface area contributed by atoms with Crippen molar-refractivity contribution in [2.75, 3.05) is 19.9 Å². The van der Waals surface area contributed by atoms with Crippen molar-refractivity contribution in [3.8, 4) is 23.0 Å². The summed E-state index contributed by atoms with van der Waals surface area (Å²) >= 11 is 0. The Kier molecular flexibility index (Phi) is 13.8. The first-order valence-corrected chi connectivity index (χ1v) is 19.4. The number of benzene rings is 4. The fourth-order valence-corrected chi connectivity index (χ4v) is 8.31. The van der Waals surface area contributed by atoms with Gasteiger partial charge in [-0.15, -0.1) is 0 Å². The van der Waals surface area contributed by atoms with Crippen LogP contribution in [0, 0.1) is 20.2 Å². The van der Waals surface area contributed by atoms with Gasteiger partial charge in [0.2, 0.25) is 20.0 Å². The molecule has 4 rings (SSSR count). The van der Waals surface area contributed by atoms with Crippen LogP contribution in [0.4, 0.5) is 22.7 Å². The summed E-state index contributed by atoms with van der Waals surface area (Å²) in [7, 11) is -20.0.